The third-order valence-corrected chi connectivity index (χ3v) is 8.42. The fourth-order valence-electron chi connectivity index (χ4n) is 7.23. The molecule has 2 aliphatic rings. The summed E-state index contributed by atoms with van der Waals surface area (Å²) in [5, 5.41) is 70.2. The van der Waals surface area contributed by atoms with Gasteiger partial charge in [0.05, 0.1) is 35.0 Å². The molecule has 8 N–H and O–H groups in total. The highest BCUT2D eigenvalue weighted by Crippen LogP contribution is 2.47. The third kappa shape index (κ3) is 7.41. The first-order valence-corrected chi connectivity index (χ1v) is 14.3. The Morgan fingerprint density at radius 2 is 1.74 bits per heavy atom. The molecular weight excluding hydrogens is 546 g/mol. The SMILES string of the molecule is CN(C)c1cc(NC2CC(C)(C)NC(C)(C)C2)c(O)c2c1CC(O)(CC(O)(CCO)C(CO)C(=O)CC(=O)O)CC2=O. The fourth-order valence-corrected chi connectivity index (χ4v) is 7.23. The number of phenolic OH excluding ortho intramolecular Hbond substituents is 1. The van der Waals surface area contributed by atoms with Gasteiger partial charge in [-0.05, 0) is 52.2 Å². The summed E-state index contributed by atoms with van der Waals surface area (Å²) in [7, 11) is 3.53. The van der Waals surface area contributed by atoms with Crippen molar-refractivity contribution in [1.29, 1.82) is 0 Å². The summed E-state index contributed by atoms with van der Waals surface area (Å²) in [6, 6.07) is 1.72. The Morgan fingerprint density at radius 1 is 1.14 bits per heavy atom. The van der Waals surface area contributed by atoms with E-state index < -0.39 is 73.6 Å². The number of phenols is 1. The third-order valence-electron chi connectivity index (χ3n) is 8.42. The van der Waals surface area contributed by atoms with E-state index in [9.17, 15) is 39.9 Å². The minimum absolute atomic E-state index is 0.00178. The smallest absolute Gasteiger partial charge is 0.310 e. The van der Waals surface area contributed by atoms with Crippen LogP contribution in [0.4, 0.5) is 11.4 Å². The number of carbonyl (C=O) groups excluding carboxylic acids is 2. The number of ketones is 2. The first-order chi connectivity index (χ1) is 19.3. The molecule has 1 aliphatic heterocycles. The van der Waals surface area contributed by atoms with Crippen molar-refractivity contribution in [3.63, 3.8) is 0 Å². The standard InChI is InChI=1S/C30H47N3O9/c1-27(2)11-17(12-28(3,4)32-27)31-20-9-21(33(5)6)18-13-29(41,14-23(37)25(18)26(20)40)16-30(42,7-8-34)19(15-35)22(36)10-24(38)39/h9,17,19,31-32,34-35,40-42H,7-8,10-16H2,1-6H3,(H,38,39). The van der Waals surface area contributed by atoms with E-state index in [2.05, 4.69) is 38.3 Å². The van der Waals surface area contributed by atoms with Crippen molar-refractivity contribution in [2.75, 3.05) is 37.5 Å². The first-order valence-electron chi connectivity index (χ1n) is 14.3. The minimum atomic E-state index is -2.20. The number of aliphatic hydroxyl groups excluding tert-OH is 2. The van der Waals surface area contributed by atoms with E-state index in [1.165, 1.54) is 0 Å². The molecule has 0 bridgehead atoms. The highest BCUT2D eigenvalue weighted by atomic mass is 16.4. The average Bonchev–Trinajstić information content (AvgIpc) is 2.77. The lowest BCUT2D eigenvalue weighted by Crippen LogP contribution is -2.60. The number of piperidine rings is 1. The van der Waals surface area contributed by atoms with Gasteiger partial charge in [-0.1, -0.05) is 0 Å². The molecule has 1 aliphatic carbocycles. The monoisotopic (exact) mass is 593 g/mol. The number of anilines is 2. The number of hydrogen-bond donors (Lipinski definition) is 8. The van der Waals surface area contributed by atoms with Gasteiger partial charge in [-0.3, -0.25) is 14.4 Å². The molecule has 0 aromatic heterocycles. The van der Waals surface area contributed by atoms with Gasteiger partial charge in [0.2, 0.25) is 0 Å². The van der Waals surface area contributed by atoms with E-state index in [0.717, 1.165) is 12.8 Å². The zero-order chi connectivity index (χ0) is 31.8. The van der Waals surface area contributed by atoms with Crippen molar-refractivity contribution < 1.29 is 45.0 Å². The molecule has 12 heteroatoms. The summed E-state index contributed by atoms with van der Waals surface area (Å²) in [6.45, 7) is 6.92. The number of benzene rings is 1. The number of carboxylic acid groups (broad SMARTS) is 1. The van der Waals surface area contributed by atoms with E-state index in [-0.39, 0.29) is 34.9 Å². The number of aromatic hydroxyl groups is 1. The number of fused-ring (bicyclic) bond motifs is 1. The maximum absolute atomic E-state index is 13.6. The van der Waals surface area contributed by atoms with Crippen LogP contribution in [0.2, 0.25) is 0 Å². The lowest BCUT2D eigenvalue weighted by molar-refractivity contribution is -0.151. The lowest BCUT2D eigenvalue weighted by Gasteiger charge is -2.47. The van der Waals surface area contributed by atoms with Gasteiger partial charge in [0.15, 0.2) is 11.6 Å². The molecule has 0 amide bonds. The summed E-state index contributed by atoms with van der Waals surface area (Å²) >= 11 is 0. The van der Waals surface area contributed by atoms with Gasteiger partial charge in [0.1, 0.15) is 12.2 Å². The zero-order valence-electron chi connectivity index (χ0n) is 25.5. The van der Waals surface area contributed by atoms with Crippen LogP contribution in [-0.4, -0.2) is 104 Å². The molecule has 1 fully saturated rings. The predicted molar refractivity (Wildman–Crippen MR) is 157 cm³/mol. The van der Waals surface area contributed by atoms with Crippen LogP contribution in [0.15, 0.2) is 6.07 Å². The summed E-state index contributed by atoms with van der Waals surface area (Å²) in [4.78, 5) is 39.1. The summed E-state index contributed by atoms with van der Waals surface area (Å²) < 4.78 is 0. The van der Waals surface area contributed by atoms with Crippen LogP contribution in [0.3, 0.4) is 0 Å². The second-order valence-corrected chi connectivity index (χ2v) is 13.7. The lowest BCUT2D eigenvalue weighted by atomic mass is 9.68. The number of nitrogens with zero attached hydrogens (tertiary/aromatic N) is 1. The van der Waals surface area contributed by atoms with Crippen LogP contribution in [0.1, 0.15) is 82.1 Å². The first kappa shape index (κ1) is 33.7. The summed E-state index contributed by atoms with van der Waals surface area (Å²) in [5.74, 6) is -4.81. The number of Topliss-reactive ketones (excluding diaryl/α,β-unsaturated/α-hetero) is 2. The topological polar surface area (TPSA) is 200 Å². The Labute approximate surface area is 246 Å². The molecule has 3 rings (SSSR count). The number of carboxylic acids is 1. The molecule has 0 spiro atoms. The zero-order valence-corrected chi connectivity index (χ0v) is 25.5. The maximum Gasteiger partial charge on any atom is 0.310 e. The molecule has 1 aromatic carbocycles. The van der Waals surface area contributed by atoms with Gasteiger partial charge in [-0.15, -0.1) is 0 Å². The summed E-state index contributed by atoms with van der Waals surface area (Å²) in [6.07, 6.45) is -1.13. The Morgan fingerprint density at radius 3 is 2.24 bits per heavy atom. The maximum atomic E-state index is 13.6. The van der Waals surface area contributed by atoms with Gasteiger partial charge in [-0.25, -0.2) is 0 Å². The van der Waals surface area contributed by atoms with Crippen LogP contribution >= 0.6 is 0 Å². The molecule has 1 aromatic rings. The quantitative estimate of drug-likeness (QED) is 0.127. The second kappa shape index (κ2) is 12.1. The molecule has 3 atom stereocenters. The number of carbonyl (C=O) groups is 3. The van der Waals surface area contributed by atoms with Crippen molar-refractivity contribution >= 4 is 28.9 Å². The number of nitrogens with one attached hydrogen (secondary N) is 2. The fraction of sp³-hybridized carbons (Fsp3) is 0.700. The van der Waals surface area contributed by atoms with E-state index in [4.69, 9.17) is 5.11 Å². The van der Waals surface area contributed by atoms with Gasteiger partial charge < -0.3 is 46.2 Å². The van der Waals surface area contributed by atoms with Crippen molar-refractivity contribution in [3.05, 3.63) is 17.2 Å². The number of aliphatic hydroxyl groups is 4. The van der Waals surface area contributed by atoms with Gasteiger partial charge in [0, 0.05) is 69.2 Å². The van der Waals surface area contributed by atoms with Gasteiger partial charge in [-0.2, -0.15) is 0 Å². The largest absolute Gasteiger partial charge is 0.505 e. The molecule has 0 radical (unpaired) electrons. The molecular formula is C30H47N3O9. The van der Waals surface area contributed by atoms with Crippen LogP contribution in [-0.2, 0) is 16.0 Å². The van der Waals surface area contributed by atoms with E-state index >= 15 is 0 Å². The van der Waals surface area contributed by atoms with E-state index in [1.54, 1.807) is 25.1 Å². The number of aliphatic carboxylic acids is 1. The van der Waals surface area contributed by atoms with E-state index in [0.29, 0.717) is 16.9 Å². The van der Waals surface area contributed by atoms with Crippen LogP contribution in [0.5, 0.6) is 5.75 Å². The number of rotatable bonds is 12. The van der Waals surface area contributed by atoms with Crippen molar-refractivity contribution in [3.8, 4) is 5.75 Å². The molecule has 12 nitrogen and oxygen atoms in total. The Kier molecular flexibility index (Phi) is 9.70. The molecule has 42 heavy (non-hydrogen) atoms. The second-order valence-electron chi connectivity index (χ2n) is 13.7. The molecule has 236 valence electrons. The molecule has 1 heterocycles. The molecule has 1 saturated heterocycles. The molecule has 3 unspecified atom stereocenters. The average molecular weight is 594 g/mol. The van der Waals surface area contributed by atoms with Gasteiger partial charge in [0.25, 0.3) is 0 Å². The Hall–Kier alpha value is -2.77. The van der Waals surface area contributed by atoms with Crippen LogP contribution in [0.25, 0.3) is 0 Å². The highest BCUT2D eigenvalue weighted by molar-refractivity contribution is 6.05. The van der Waals surface area contributed by atoms with Crippen molar-refractivity contribution in [1.82, 2.24) is 5.32 Å². The Bertz CT molecular complexity index is 1200. The van der Waals surface area contributed by atoms with Crippen LogP contribution in [0, 0.1) is 5.92 Å². The van der Waals surface area contributed by atoms with Crippen molar-refractivity contribution in [2.24, 2.45) is 5.92 Å². The summed E-state index contributed by atoms with van der Waals surface area (Å²) in [5.41, 5.74) is -3.06. The Balaban J connectivity index is 2.01. The van der Waals surface area contributed by atoms with Crippen molar-refractivity contribution in [2.45, 2.75) is 101 Å². The minimum Gasteiger partial charge on any atom is -0.505 e. The normalized spacial score (nSPS) is 23.9. The molecule has 0 saturated carbocycles. The predicted octanol–water partition coefficient (Wildman–Crippen LogP) is 1.20. The van der Waals surface area contributed by atoms with Crippen LogP contribution < -0.4 is 15.5 Å². The highest BCUT2D eigenvalue weighted by Gasteiger charge is 2.50. The van der Waals surface area contributed by atoms with Gasteiger partial charge >= 0.3 is 5.97 Å². The number of hydrogen-bond acceptors (Lipinski definition) is 11. The van der Waals surface area contributed by atoms with E-state index in [1.807, 2.05) is 0 Å².